The lowest BCUT2D eigenvalue weighted by atomic mass is 10.1. The number of rotatable bonds is 2. The van der Waals surface area contributed by atoms with Crippen LogP contribution in [0, 0.1) is 6.92 Å². The monoisotopic (exact) mass is 354 g/mol. The lowest BCUT2D eigenvalue weighted by molar-refractivity contribution is 0.0937. The lowest BCUT2D eigenvalue weighted by Crippen LogP contribution is -2.33. The van der Waals surface area contributed by atoms with E-state index in [-0.39, 0.29) is 17.5 Å². The molecule has 4 rings (SSSR count). The summed E-state index contributed by atoms with van der Waals surface area (Å²) in [4.78, 5) is 28.6. The molecule has 2 aromatic heterocycles. The zero-order chi connectivity index (χ0) is 17.4. The molecule has 2 heterocycles. The van der Waals surface area contributed by atoms with Gasteiger partial charge in [-0.2, -0.15) is 0 Å². The molecular weight excluding hydrogens is 332 g/mol. The van der Waals surface area contributed by atoms with Crippen molar-refractivity contribution in [1.29, 1.82) is 0 Å². The molecule has 0 bridgehead atoms. The smallest absolute Gasteiger partial charge is 0.261 e. The van der Waals surface area contributed by atoms with E-state index in [2.05, 4.69) is 16.4 Å². The highest BCUT2D eigenvalue weighted by molar-refractivity contribution is 7.21. The summed E-state index contributed by atoms with van der Waals surface area (Å²) in [6.45, 7) is 2.03. The number of amides is 1. The van der Waals surface area contributed by atoms with Crippen LogP contribution in [-0.4, -0.2) is 16.9 Å². The van der Waals surface area contributed by atoms with Crippen LogP contribution in [0.3, 0.4) is 0 Å². The first-order chi connectivity index (χ1) is 12.1. The number of pyridine rings is 1. The Kier molecular flexibility index (Phi) is 4.34. The average molecular weight is 354 g/mol. The number of carbonyl (C=O) groups is 1. The van der Waals surface area contributed by atoms with Crippen molar-refractivity contribution < 1.29 is 4.79 Å². The van der Waals surface area contributed by atoms with E-state index >= 15 is 0 Å². The number of aromatic nitrogens is 1. The van der Waals surface area contributed by atoms with E-state index in [0.717, 1.165) is 34.0 Å². The minimum atomic E-state index is -0.129. The molecule has 1 amide bonds. The molecule has 5 heteroatoms. The van der Waals surface area contributed by atoms with Crippen molar-refractivity contribution in [3.8, 4) is 0 Å². The van der Waals surface area contributed by atoms with E-state index in [0.29, 0.717) is 10.3 Å². The Bertz CT molecular complexity index is 994. The number of nitrogens with one attached hydrogen (secondary N) is 2. The van der Waals surface area contributed by atoms with Crippen molar-refractivity contribution in [3.63, 3.8) is 0 Å². The van der Waals surface area contributed by atoms with E-state index in [1.165, 1.54) is 37.0 Å². The van der Waals surface area contributed by atoms with Crippen LogP contribution < -0.4 is 10.9 Å². The Morgan fingerprint density at radius 2 is 1.88 bits per heavy atom. The van der Waals surface area contributed by atoms with Gasteiger partial charge in [0.05, 0.1) is 10.3 Å². The van der Waals surface area contributed by atoms with Gasteiger partial charge in [0.25, 0.3) is 11.5 Å². The van der Waals surface area contributed by atoms with Crippen LogP contribution in [0.1, 0.15) is 53.8 Å². The molecule has 0 unspecified atom stereocenters. The standard InChI is InChI=1S/C20H22N2O2S/c1-12-8-9-16-14(10-12)18-15(19(23)22-16)11-17(25-18)20(24)21-13-6-4-2-3-5-7-13/h8-11,13H,2-7H2,1H3,(H,21,24)(H,22,23). The third-order valence-corrected chi connectivity index (χ3v) is 6.23. The second kappa shape index (κ2) is 6.64. The number of benzene rings is 1. The number of aryl methyl sites for hydroxylation is 1. The van der Waals surface area contributed by atoms with E-state index in [1.807, 2.05) is 19.1 Å². The maximum Gasteiger partial charge on any atom is 0.261 e. The molecule has 0 atom stereocenters. The molecular formula is C20H22N2O2S. The number of hydrogen-bond donors (Lipinski definition) is 2. The zero-order valence-electron chi connectivity index (χ0n) is 14.4. The highest BCUT2D eigenvalue weighted by Crippen LogP contribution is 2.30. The largest absolute Gasteiger partial charge is 0.349 e. The molecule has 1 aliphatic carbocycles. The molecule has 4 nitrogen and oxygen atoms in total. The number of fused-ring (bicyclic) bond motifs is 3. The zero-order valence-corrected chi connectivity index (χ0v) is 15.2. The third-order valence-electron chi connectivity index (χ3n) is 5.06. The summed E-state index contributed by atoms with van der Waals surface area (Å²) < 4.78 is 0.897. The van der Waals surface area contributed by atoms with Gasteiger partial charge in [0.1, 0.15) is 0 Å². The first-order valence-corrected chi connectivity index (χ1v) is 9.80. The van der Waals surface area contributed by atoms with Gasteiger partial charge >= 0.3 is 0 Å². The van der Waals surface area contributed by atoms with Gasteiger partial charge in [-0.15, -0.1) is 11.3 Å². The van der Waals surface area contributed by atoms with Gasteiger partial charge in [-0.1, -0.05) is 37.3 Å². The highest BCUT2D eigenvalue weighted by atomic mass is 32.1. The Hall–Kier alpha value is -2.14. The normalized spacial score (nSPS) is 16.2. The highest BCUT2D eigenvalue weighted by Gasteiger charge is 2.19. The van der Waals surface area contributed by atoms with Gasteiger partial charge in [-0.05, 0) is 38.0 Å². The summed E-state index contributed by atoms with van der Waals surface area (Å²) in [6.07, 6.45) is 6.99. The Labute approximate surface area is 150 Å². The molecule has 1 saturated carbocycles. The Morgan fingerprint density at radius 3 is 2.64 bits per heavy atom. The summed E-state index contributed by atoms with van der Waals surface area (Å²) >= 11 is 1.42. The summed E-state index contributed by atoms with van der Waals surface area (Å²) in [5, 5.41) is 4.79. The molecule has 0 spiro atoms. The molecule has 25 heavy (non-hydrogen) atoms. The lowest BCUT2D eigenvalue weighted by Gasteiger charge is -2.15. The molecule has 3 aromatic rings. The fraction of sp³-hybridized carbons (Fsp3) is 0.400. The molecule has 2 N–H and O–H groups in total. The number of H-pyrrole nitrogens is 1. The van der Waals surface area contributed by atoms with Crippen molar-refractivity contribution in [2.75, 3.05) is 0 Å². The van der Waals surface area contributed by atoms with Crippen LogP contribution in [-0.2, 0) is 0 Å². The predicted octanol–water partition coefficient (Wildman–Crippen LogP) is 4.50. The van der Waals surface area contributed by atoms with E-state index in [9.17, 15) is 9.59 Å². The summed E-state index contributed by atoms with van der Waals surface area (Å²) in [7, 11) is 0. The van der Waals surface area contributed by atoms with Crippen molar-refractivity contribution in [3.05, 3.63) is 45.1 Å². The maximum atomic E-state index is 12.7. The van der Waals surface area contributed by atoms with Crippen molar-refractivity contribution >= 4 is 38.2 Å². The molecule has 0 radical (unpaired) electrons. The summed E-state index contributed by atoms with van der Waals surface area (Å²) in [5.41, 5.74) is 1.83. The van der Waals surface area contributed by atoms with Gasteiger partial charge in [-0.3, -0.25) is 9.59 Å². The van der Waals surface area contributed by atoms with Crippen LogP contribution in [0.15, 0.2) is 29.1 Å². The van der Waals surface area contributed by atoms with Gasteiger partial charge in [0.2, 0.25) is 0 Å². The first kappa shape index (κ1) is 16.3. The second-order valence-corrected chi connectivity index (χ2v) is 8.07. The van der Waals surface area contributed by atoms with Crippen LogP contribution in [0.5, 0.6) is 0 Å². The van der Waals surface area contributed by atoms with Gasteiger partial charge in [0, 0.05) is 21.6 Å². The van der Waals surface area contributed by atoms with Crippen LogP contribution in [0.4, 0.5) is 0 Å². The number of aromatic amines is 1. The predicted molar refractivity (Wildman–Crippen MR) is 104 cm³/mol. The molecule has 0 aliphatic heterocycles. The minimum absolute atomic E-state index is 0.0479. The molecule has 1 fully saturated rings. The third kappa shape index (κ3) is 3.21. The number of hydrogen-bond acceptors (Lipinski definition) is 3. The molecule has 1 aromatic carbocycles. The van der Waals surface area contributed by atoms with Gasteiger partial charge in [-0.25, -0.2) is 0 Å². The van der Waals surface area contributed by atoms with Gasteiger partial charge < -0.3 is 10.3 Å². The summed E-state index contributed by atoms with van der Waals surface area (Å²) in [5.74, 6) is -0.0479. The first-order valence-electron chi connectivity index (χ1n) is 8.99. The molecule has 0 saturated heterocycles. The minimum Gasteiger partial charge on any atom is -0.349 e. The fourth-order valence-corrected chi connectivity index (χ4v) is 4.79. The van der Waals surface area contributed by atoms with Crippen LogP contribution >= 0.6 is 11.3 Å². The maximum absolute atomic E-state index is 12.7. The number of carbonyl (C=O) groups excluding carboxylic acids is 1. The number of thiophene rings is 1. The Balaban J connectivity index is 1.71. The van der Waals surface area contributed by atoms with Crippen molar-refractivity contribution in [2.24, 2.45) is 0 Å². The quantitative estimate of drug-likeness (QED) is 0.666. The fourth-order valence-electron chi connectivity index (χ4n) is 3.70. The topological polar surface area (TPSA) is 62.0 Å². The average Bonchev–Trinajstić information content (AvgIpc) is 2.90. The molecule has 1 aliphatic rings. The van der Waals surface area contributed by atoms with E-state index in [4.69, 9.17) is 0 Å². The van der Waals surface area contributed by atoms with E-state index < -0.39 is 0 Å². The summed E-state index contributed by atoms with van der Waals surface area (Å²) in [6, 6.07) is 7.98. The van der Waals surface area contributed by atoms with Crippen LogP contribution in [0.25, 0.3) is 21.0 Å². The van der Waals surface area contributed by atoms with Crippen LogP contribution in [0.2, 0.25) is 0 Å². The van der Waals surface area contributed by atoms with Gasteiger partial charge in [0.15, 0.2) is 0 Å². The van der Waals surface area contributed by atoms with E-state index in [1.54, 1.807) is 6.07 Å². The Morgan fingerprint density at radius 1 is 1.12 bits per heavy atom. The van der Waals surface area contributed by atoms with Crippen molar-refractivity contribution in [2.45, 2.75) is 51.5 Å². The van der Waals surface area contributed by atoms with Crippen molar-refractivity contribution in [1.82, 2.24) is 10.3 Å². The second-order valence-electron chi connectivity index (χ2n) is 7.02. The SMILES string of the molecule is Cc1ccc2[nH]c(=O)c3cc(C(=O)NC4CCCCCC4)sc3c2c1. The molecule has 130 valence electrons.